The number of halogens is 1. The van der Waals surface area contributed by atoms with Gasteiger partial charge < -0.3 is 9.47 Å². The zero-order valence-corrected chi connectivity index (χ0v) is 9.49. The molecule has 2 rings (SSSR count). The van der Waals surface area contributed by atoms with Crippen LogP contribution in [0.2, 0.25) is 0 Å². The predicted molar refractivity (Wildman–Crippen MR) is 60.2 cm³/mol. The molecule has 1 aliphatic rings. The SMILES string of the molecule is N#Cc1c(F)cccc1OCCC1CCCO1. The average molecular weight is 235 g/mol. The first-order valence-corrected chi connectivity index (χ1v) is 5.74. The molecule has 0 radical (unpaired) electrons. The highest BCUT2D eigenvalue weighted by atomic mass is 19.1. The van der Waals surface area contributed by atoms with Crippen molar-refractivity contribution in [2.75, 3.05) is 13.2 Å². The van der Waals surface area contributed by atoms with E-state index < -0.39 is 5.82 Å². The lowest BCUT2D eigenvalue weighted by atomic mass is 10.2. The van der Waals surface area contributed by atoms with E-state index in [0.29, 0.717) is 12.4 Å². The van der Waals surface area contributed by atoms with Gasteiger partial charge in [0.05, 0.1) is 12.7 Å². The van der Waals surface area contributed by atoms with Gasteiger partial charge in [0, 0.05) is 13.0 Å². The lowest BCUT2D eigenvalue weighted by Crippen LogP contribution is -2.11. The molecule has 1 aromatic carbocycles. The smallest absolute Gasteiger partial charge is 0.144 e. The average Bonchev–Trinajstić information content (AvgIpc) is 2.82. The van der Waals surface area contributed by atoms with Crippen molar-refractivity contribution < 1.29 is 13.9 Å². The maximum Gasteiger partial charge on any atom is 0.144 e. The highest BCUT2D eigenvalue weighted by Crippen LogP contribution is 2.21. The van der Waals surface area contributed by atoms with Gasteiger partial charge in [0.15, 0.2) is 0 Å². The number of hydrogen-bond acceptors (Lipinski definition) is 3. The van der Waals surface area contributed by atoms with Gasteiger partial charge in [0.1, 0.15) is 23.2 Å². The van der Waals surface area contributed by atoms with Crippen LogP contribution in [0.1, 0.15) is 24.8 Å². The third-order valence-corrected chi connectivity index (χ3v) is 2.81. The van der Waals surface area contributed by atoms with E-state index in [0.717, 1.165) is 25.9 Å². The van der Waals surface area contributed by atoms with Crippen LogP contribution in [0, 0.1) is 17.1 Å². The van der Waals surface area contributed by atoms with Crippen molar-refractivity contribution in [3.8, 4) is 11.8 Å². The Labute approximate surface area is 99.8 Å². The van der Waals surface area contributed by atoms with E-state index in [-0.39, 0.29) is 11.7 Å². The first-order chi connectivity index (χ1) is 8.31. The number of hydrogen-bond donors (Lipinski definition) is 0. The highest BCUT2D eigenvalue weighted by molar-refractivity contribution is 5.43. The van der Waals surface area contributed by atoms with E-state index in [1.807, 2.05) is 6.07 Å². The molecule has 1 atom stereocenters. The Balaban J connectivity index is 1.90. The minimum absolute atomic E-state index is 0.0279. The molecule has 0 aliphatic carbocycles. The molecule has 90 valence electrons. The van der Waals surface area contributed by atoms with Gasteiger partial charge in [0.25, 0.3) is 0 Å². The second-order valence-corrected chi connectivity index (χ2v) is 4.00. The minimum Gasteiger partial charge on any atom is -0.492 e. The maximum atomic E-state index is 13.3. The first-order valence-electron chi connectivity index (χ1n) is 5.74. The summed E-state index contributed by atoms with van der Waals surface area (Å²) in [4.78, 5) is 0. The van der Waals surface area contributed by atoms with Crippen LogP contribution in [-0.2, 0) is 4.74 Å². The molecule has 0 amide bonds. The van der Waals surface area contributed by atoms with Gasteiger partial charge in [-0.25, -0.2) is 4.39 Å². The number of benzene rings is 1. The van der Waals surface area contributed by atoms with Crippen LogP contribution in [-0.4, -0.2) is 19.3 Å². The van der Waals surface area contributed by atoms with Crippen LogP contribution < -0.4 is 4.74 Å². The molecular weight excluding hydrogens is 221 g/mol. The number of rotatable bonds is 4. The first kappa shape index (κ1) is 11.9. The monoisotopic (exact) mass is 235 g/mol. The van der Waals surface area contributed by atoms with Crippen molar-refractivity contribution in [1.82, 2.24) is 0 Å². The molecule has 0 N–H and O–H groups in total. The number of nitrogens with zero attached hydrogens (tertiary/aromatic N) is 1. The molecule has 0 bridgehead atoms. The third-order valence-electron chi connectivity index (χ3n) is 2.81. The van der Waals surface area contributed by atoms with E-state index >= 15 is 0 Å². The summed E-state index contributed by atoms with van der Waals surface area (Å²) in [6.45, 7) is 1.26. The molecule has 1 fully saturated rings. The van der Waals surface area contributed by atoms with E-state index in [1.54, 1.807) is 6.07 Å². The van der Waals surface area contributed by atoms with Crippen LogP contribution in [0.3, 0.4) is 0 Å². The van der Waals surface area contributed by atoms with Crippen molar-refractivity contribution in [3.05, 3.63) is 29.6 Å². The van der Waals surface area contributed by atoms with Crippen molar-refractivity contribution in [3.63, 3.8) is 0 Å². The van der Waals surface area contributed by atoms with E-state index in [4.69, 9.17) is 14.7 Å². The quantitative estimate of drug-likeness (QED) is 0.805. The predicted octanol–water partition coefficient (Wildman–Crippen LogP) is 2.65. The summed E-state index contributed by atoms with van der Waals surface area (Å²) in [6, 6.07) is 6.21. The summed E-state index contributed by atoms with van der Waals surface area (Å²) in [5.74, 6) is -0.229. The van der Waals surface area contributed by atoms with Crippen molar-refractivity contribution in [2.24, 2.45) is 0 Å². The fourth-order valence-corrected chi connectivity index (χ4v) is 1.91. The normalized spacial score (nSPS) is 18.9. The summed E-state index contributed by atoms with van der Waals surface area (Å²) in [7, 11) is 0. The fourth-order valence-electron chi connectivity index (χ4n) is 1.91. The Bertz CT molecular complexity index is 422. The van der Waals surface area contributed by atoms with E-state index in [1.165, 1.54) is 12.1 Å². The lowest BCUT2D eigenvalue weighted by molar-refractivity contribution is 0.0903. The molecule has 0 saturated carbocycles. The summed E-state index contributed by atoms with van der Waals surface area (Å²) in [5.41, 5.74) is -0.0279. The summed E-state index contributed by atoms with van der Waals surface area (Å²) >= 11 is 0. The molecule has 17 heavy (non-hydrogen) atoms. The third kappa shape index (κ3) is 2.95. The molecule has 1 aromatic rings. The molecule has 1 saturated heterocycles. The second kappa shape index (κ2) is 5.65. The molecule has 4 heteroatoms. The van der Waals surface area contributed by atoms with Gasteiger partial charge in [0.2, 0.25) is 0 Å². The topological polar surface area (TPSA) is 42.2 Å². The van der Waals surface area contributed by atoms with Gasteiger partial charge in [-0.1, -0.05) is 6.07 Å². The van der Waals surface area contributed by atoms with Crippen LogP contribution in [0.4, 0.5) is 4.39 Å². The summed E-state index contributed by atoms with van der Waals surface area (Å²) in [6.07, 6.45) is 3.17. The molecular formula is C13H14FNO2. The lowest BCUT2D eigenvalue weighted by Gasteiger charge is -2.11. The molecule has 0 aromatic heterocycles. The number of ether oxygens (including phenoxy) is 2. The Morgan fingerprint density at radius 2 is 2.41 bits per heavy atom. The number of nitriles is 1. The van der Waals surface area contributed by atoms with Crippen molar-refractivity contribution >= 4 is 0 Å². The van der Waals surface area contributed by atoms with Crippen LogP contribution in [0.25, 0.3) is 0 Å². The molecule has 1 heterocycles. The van der Waals surface area contributed by atoms with Gasteiger partial charge >= 0.3 is 0 Å². The largest absolute Gasteiger partial charge is 0.492 e. The maximum absolute atomic E-state index is 13.3. The zero-order chi connectivity index (χ0) is 12.1. The van der Waals surface area contributed by atoms with Crippen molar-refractivity contribution in [1.29, 1.82) is 5.26 Å². The van der Waals surface area contributed by atoms with Crippen LogP contribution >= 0.6 is 0 Å². The summed E-state index contributed by atoms with van der Waals surface area (Å²) in [5, 5.41) is 8.82. The second-order valence-electron chi connectivity index (χ2n) is 4.00. The van der Waals surface area contributed by atoms with E-state index in [9.17, 15) is 4.39 Å². The summed E-state index contributed by atoms with van der Waals surface area (Å²) < 4.78 is 24.1. The van der Waals surface area contributed by atoms with Crippen LogP contribution in [0.15, 0.2) is 18.2 Å². The highest BCUT2D eigenvalue weighted by Gasteiger charge is 2.16. The van der Waals surface area contributed by atoms with Gasteiger partial charge in [-0.3, -0.25) is 0 Å². The Hall–Kier alpha value is -1.60. The van der Waals surface area contributed by atoms with Gasteiger partial charge in [-0.15, -0.1) is 0 Å². The van der Waals surface area contributed by atoms with Crippen molar-refractivity contribution in [2.45, 2.75) is 25.4 Å². The van der Waals surface area contributed by atoms with Crippen LogP contribution in [0.5, 0.6) is 5.75 Å². The molecule has 0 spiro atoms. The Morgan fingerprint density at radius 1 is 1.53 bits per heavy atom. The molecule has 1 unspecified atom stereocenters. The Kier molecular flexibility index (Phi) is 3.94. The molecule has 3 nitrogen and oxygen atoms in total. The minimum atomic E-state index is -0.540. The standard InChI is InChI=1S/C13H14FNO2/c14-12-4-1-5-13(11(12)9-15)17-8-6-10-3-2-7-16-10/h1,4-5,10H,2-3,6-8H2. The zero-order valence-electron chi connectivity index (χ0n) is 9.49. The fraction of sp³-hybridized carbons (Fsp3) is 0.462. The Morgan fingerprint density at radius 3 is 3.12 bits per heavy atom. The van der Waals surface area contributed by atoms with Gasteiger partial charge in [-0.2, -0.15) is 5.26 Å². The molecule has 1 aliphatic heterocycles. The van der Waals surface area contributed by atoms with E-state index in [2.05, 4.69) is 0 Å². The van der Waals surface area contributed by atoms with Gasteiger partial charge in [-0.05, 0) is 25.0 Å².